The number of quaternary nitrogens is 1. The first-order valence-electron chi connectivity index (χ1n) is 8.51. The minimum absolute atomic E-state index is 0.0141. The molecule has 5 nitrogen and oxygen atoms in total. The number of methoxy groups -OCH3 is 2. The molecular formula is C20H26BrN2O3+. The second-order valence-corrected chi connectivity index (χ2v) is 7.25. The first-order chi connectivity index (χ1) is 12.4. The summed E-state index contributed by atoms with van der Waals surface area (Å²) in [6.07, 6.45) is 0.858. The smallest absolute Gasteiger partial charge is 0.279 e. The molecular weight excluding hydrogens is 396 g/mol. The zero-order valence-electron chi connectivity index (χ0n) is 15.7. The lowest BCUT2D eigenvalue weighted by atomic mass is 10.1. The second kappa shape index (κ2) is 9.59. The van der Waals surface area contributed by atoms with Crippen molar-refractivity contribution in [1.82, 2.24) is 0 Å². The van der Waals surface area contributed by atoms with Gasteiger partial charge in [0.25, 0.3) is 5.91 Å². The maximum Gasteiger partial charge on any atom is 0.279 e. The number of nitrogens with one attached hydrogen (secondary N) is 2. The molecule has 0 fully saturated rings. The zero-order chi connectivity index (χ0) is 19.1. The standard InChI is InChI=1S/C20H25BrN2O3/c1-14-11-16(21)6-7-17(14)22-20(24)13-23(2)10-9-15-5-8-18(25-3)19(12-15)26-4/h5-8,11-12H,9-10,13H2,1-4H3,(H,22,24)/p+1. The van der Waals surface area contributed by atoms with Gasteiger partial charge in [0, 0.05) is 16.6 Å². The van der Waals surface area contributed by atoms with Gasteiger partial charge in [0.05, 0.1) is 27.8 Å². The number of carbonyl (C=O) groups is 1. The molecule has 0 aromatic heterocycles. The van der Waals surface area contributed by atoms with E-state index < -0.39 is 0 Å². The van der Waals surface area contributed by atoms with Crippen LogP contribution in [-0.2, 0) is 11.2 Å². The molecule has 2 rings (SSSR count). The van der Waals surface area contributed by atoms with Crippen LogP contribution in [-0.4, -0.2) is 40.3 Å². The summed E-state index contributed by atoms with van der Waals surface area (Å²) in [4.78, 5) is 13.4. The summed E-state index contributed by atoms with van der Waals surface area (Å²) in [6.45, 7) is 3.25. The van der Waals surface area contributed by atoms with Gasteiger partial charge in [-0.3, -0.25) is 4.79 Å². The van der Waals surface area contributed by atoms with Gasteiger partial charge in [-0.2, -0.15) is 0 Å². The number of halogens is 1. The fourth-order valence-electron chi connectivity index (χ4n) is 2.72. The first kappa shape index (κ1) is 20.3. The molecule has 140 valence electrons. The van der Waals surface area contributed by atoms with Crippen molar-refractivity contribution in [2.45, 2.75) is 13.3 Å². The van der Waals surface area contributed by atoms with Gasteiger partial charge in [0.15, 0.2) is 18.0 Å². The van der Waals surface area contributed by atoms with Gasteiger partial charge < -0.3 is 19.7 Å². The van der Waals surface area contributed by atoms with E-state index in [-0.39, 0.29) is 5.91 Å². The number of hydrogen-bond donors (Lipinski definition) is 2. The Balaban J connectivity index is 1.86. The lowest BCUT2D eigenvalue weighted by Crippen LogP contribution is -3.10. The Hall–Kier alpha value is -2.05. The molecule has 0 saturated heterocycles. The largest absolute Gasteiger partial charge is 0.493 e. The third-order valence-electron chi connectivity index (χ3n) is 4.21. The molecule has 2 aromatic rings. The van der Waals surface area contributed by atoms with E-state index >= 15 is 0 Å². The summed E-state index contributed by atoms with van der Waals surface area (Å²) in [5.41, 5.74) is 3.05. The maximum absolute atomic E-state index is 12.3. The highest BCUT2D eigenvalue weighted by Crippen LogP contribution is 2.27. The molecule has 6 heteroatoms. The average Bonchev–Trinajstić information content (AvgIpc) is 2.62. The SMILES string of the molecule is COc1ccc(CC[NH+](C)CC(=O)Nc2ccc(Br)cc2C)cc1OC. The normalized spacial score (nSPS) is 11.7. The van der Waals surface area contributed by atoms with E-state index in [0.717, 1.165) is 50.7 Å². The van der Waals surface area contributed by atoms with Gasteiger partial charge in [-0.25, -0.2) is 0 Å². The zero-order valence-corrected chi connectivity index (χ0v) is 17.3. The van der Waals surface area contributed by atoms with Gasteiger partial charge in [0.1, 0.15) is 0 Å². The highest BCUT2D eigenvalue weighted by molar-refractivity contribution is 9.10. The van der Waals surface area contributed by atoms with Crippen LogP contribution in [0.3, 0.4) is 0 Å². The van der Waals surface area contributed by atoms with Crippen LogP contribution >= 0.6 is 15.9 Å². The predicted molar refractivity (Wildman–Crippen MR) is 107 cm³/mol. The van der Waals surface area contributed by atoms with Gasteiger partial charge in [-0.15, -0.1) is 0 Å². The maximum atomic E-state index is 12.3. The van der Waals surface area contributed by atoms with Crippen LogP contribution in [0.2, 0.25) is 0 Å². The fraction of sp³-hybridized carbons (Fsp3) is 0.350. The third kappa shape index (κ3) is 5.75. The van der Waals surface area contributed by atoms with E-state index in [9.17, 15) is 4.79 Å². The van der Waals surface area contributed by atoms with Crippen molar-refractivity contribution in [2.75, 3.05) is 39.7 Å². The molecule has 1 unspecified atom stereocenters. The monoisotopic (exact) mass is 421 g/mol. The van der Waals surface area contributed by atoms with Crippen LogP contribution in [0.5, 0.6) is 11.5 Å². The van der Waals surface area contributed by atoms with Gasteiger partial charge >= 0.3 is 0 Å². The number of amides is 1. The van der Waals surface area contributed by atoms with Gasteiger partial charge in [-0.1, -0.05) is 22.0 Å². The van der Waals surface area contributed by atoms with Crippen molar-refractivity contribution in [1.29, 1.82) is 0 Å². The van der Waals surface area contributed by atoms with Crippen molar-refractivity contribution < 1.29 is 19.2 Å². The highest BCUT2D eigenvalue weighted by Gasteiger charge is 2.12. The Morgan fingerprint density at radius 2 is 1.85 bits per heavy atom. The van der Waals surface area contributed by atoms with Crippen molar-refractivity contribution >= 4 is 27.5 Å². The molecule has 2 N–H and O–H groups in total. The number of ether oxygens (including phenoxy) is 2. The quantitative estimate of drug-likeness (QED) is 0.688. The Morgan fingerprint density at radius 3 is 2.50 bits per heavy atom. The van der Waals surface area contributed by atoms with Crippen molar-refractivity contribution in [2.24, 2.45) is 0 Å². The lowest BCUT2D eigenvalue weighted by molar-refractivity contribution is -0.870. The molecule has 0 aliphatic rings. The molecule has 0 aliphatic heterocycles. The summed E-state index contributed by atoms with van der Waals surface area (Å²) < 4.78 is 11.6. The van der Waals surface area contributed by atoms with E-state index in [1.807, 2.05) is 50.4 Å². The highest BCUT2D eigenvalue weighted by atomic mass is 79.9. The molecule has 1 atom stereocenters. The number of rotatable bonds is 8. The molecule has 0 radical (unpaired) electrons. The van der Waals surface area contributed by atoms with E-state index in [4.69, 9.17) is 9.47 Å². The molecule has 1 amide bonds. The number of aryl methyl sites for hydroxylation is 1. The number of carbonyl (C=O) groups excluding carboxylic acids is 1. The van der Waals surface area contributed by atoms with Crippen LogP contribution in [0.25, 0.3) is 0 Å². The van der Waals surface area contributed by atoms with Crippen molar-refractivity contribution in [3.63, 3.8) is 0 Å². The topological polar surface area (TPSA) is 52.0 Å². The van der Waals surface area contributed by atoms with Gasteiger partial charge in [-0.05, 0) is 48.4 Å². The second-order valence-electron chi connectivity index (χ2n) is 6.33. The summed E-state index contributed by atoms with van der Waals surface area (Å²) >= 11 is 3.43. The Bertz CT molecular complexity index is 765. The number of hydrogen-bond acceptors (Lipinski definition) is 3. The van der Waals surface area contributed by atoms with Gasteiger partial charge in [0.2, 0.25) is 0 Å². The Kier molecular flexibility index (Phi) is 7.48. The Morgan fingerprint density at radius 1 is 1.12 bits per heavy atom. The minimum Gasteiger partial charge on any atom is -0.493 e. The fourth-order valence-corrected chi connectivity index (χ4v) is 3.19. The number of benzene rings is 2. The van der Waals surface area contributed by atoms with E-state index in [1.165, 1.54) is 0 Å². The Labute approximate surface area is 163 Å². The summed E-state index contributed by atoms with van der Waals surface area (Å²) in [6, 6.07) is 11.7. The van der Waals surface area contributed by atoms with Crippen molar-refractivity contribution in [3.8, 4) is 11.5 Å². The number of anilines is 1. The van der Waals surface area contributed by atoms with E-state index in [1.54, 1.807) is 14.2 Å². The van der Waals surface area contributed by atoms with Crippen molar-refractivity contribution in [3.05, 3.63) is 52.0 Å². The summed E-state index contributed by atoms with van der Waals surface area (Å²) in [7, 11) is 5.28. The molecule has 0 aliphatic carbocycles. The van der Waals surface area contributed by atoms with Crippen LogP contribution in [0.1, 0.15) is 11.1 Å². The molecule has 26 heavy (non-hydrogen) atoms. The number of likely N-dealkylation sites (N-methyl/N-ethyl adjacent to an activating group) is 1. The van der Waals surface area contributed by atoms with Crippen LogP contribution in [0.15, 0.2) is 40.9 Å². The lowest BCUT2D eigenvalue weighted by Gasteiger charge is -2.15. The molecule has 0 saturated carbocycles. The summed E-state index contributed by atoms with van der Waals surface area (Å²) in [5, 5.41) is 2.98. The third-order valence-corrected chi connectivity index (χ3v) is 4.71. The molecule has 2 aromatic carbocycles. The molecule has 0 spiro atoms. The van der Waals surface area contributed by atoms with Crippen LogP contribution in [0.4, 0.5) is 5.69 Å². The van der Waals surface area contributed by atoms with Crippen LogP contribution in [0, 0.1) is 6.92 Å². The average molecular weight is 422 g/mol. The van der Waals surface area contributed by atoms with E-state index in [2.05, 4.69) is 21.2 Å². The summed E-state index contributed by atoms with van der Waals surface area (Å²) in [5.74, 6) is 1.47. The molecule has 0 bridgehead atoms. The minimum atomic E-state index is 0.0141. The first-order valence-corrected chi connectivity index (χ1v) is 9.30. The van der Waals surface area contributed by atoms with E-state index in [0.29, 0.717) is 6.54 Å². The predicted octanol–water partition coefficient (Wildman–Crippen LogP) is 2.47. The van der Waals surface area contributed by atoms with Crippen LogP contribution < -0.4 is 19.7 Å². The molecule has 0 heterocycles.